The van der Waals surface area contributed by atoms with Crippen molar-refractivity contribution in [2.24, 2.45) is 0 Å². The van der Waals surface area contributed by atoms with Gasteiger partial charge in [0.05, 0.1) is 14.2 Å². The predicted molar refractivity (Wildman–Crippen MR) is 110 cm³/mol. The zero-order valence-corrected chi connectivity index (χ0v) is 17.0. The van der Waals surface area contributed by atoms with Gasteiger partial charge in [-0.25, -0.2) is 0 Å². The summed E-state index contributed by atoms with van der Waals surface area (Å²) >= 11 is 0. The first-order valence-electron chi connectivity index (χ1n) is 8.98. The summed E-state index contributed by atoms with van der Waals surface area (Å²) in [6.07, 6.45) is 3.99. The number of hydrogen-bond acceptors (Lipinski definition) is 5. The molecule has 0 N–H and O–H groups in total. The van der Waals surface area contributed by atoms with Gasteiger partial charge in [0, 0.05) is 13.3 Å². The monoisotopic (exact) mass is 384 g/mol. The molecule has 28 heavy (non-hydrogen) atoms. The number of carbonyl (C=O) groups excluding carboxylic acids is 2. The van der Waals surface area contributed by atoms with Crippen LogP contribution in [0.25, 0.3) is 0 Å². The molecule has 0 aromatic heterocycles. The summed E-state index contributed by atoms with van der Waals surface area (Å²) in [5.74, 6) is 1.91. The molecule has 0 saturated heterocycles. The molecule has 2 rings (SSSR count). The zero-order valence-electron chi connectivity index (χ0n) is 17.0. The number of carbonyl (C=O) groups is 2. The third-order valence-corrected chi connectivity index (χ3v) is 3.78. The van der Waals surface area contributed by atoms with Crippen molar-refractivity contribution < 1.29 is 23.8 Å². The van der Waals surface area contributed by atoms with Gasteiger partial charge in [-0.2, -0.15) is 0 Å². The van der Waals surface area contributed by atoms with E-state index in [1.807, 2.05) is 36.4 Å². The molecule has 0 bridgehead atoms. The number of rotatable bonds is 8. The Labute approximate surface area is 166 Å². The summed E-state index contributed by atoms with van der Waals surface area (Å²) < 4.78 is 15.2. The second-order valence-corrected chi connectivity index (χ2v) is 6.12. The molecule has 0 atom stereocenters. The maximum absolute atomic E-state index is 10.8. The molecule has 150 valence electrons. The topological polar surface area (TPSA) is 61.8 Å². The van der Waals surface area contributed by atoms with E-state index in [1.165, 1.54) is 12.5 Å². The molecule has 0 spiro atoms. The first kappa shape index (κ1) is 23.0. The molecule has 2 aromatic carbocycles. The number of ketones is 1. The first-order chi connectivity index (χ1) is 13.4. The van der Waals surface area contributed by atoms with E-state index in [2.05, 4.69) is 6.58 Å². The maximum atomic E-state index is 10.8. The molecule has 0 aliphatic heterocycles. The Kier molecular flexibility index (Phi) is 10.1. The van der Waals surface area contributed by atoms with Gasteiger partial charge in [-0.1, -0.05) is 24.3 Å². The van der Waals surface area contributed by atoms with Crippen molar-refractivity contribution in [3.63, 3.8) is 0 Å². The molecule has 0 aliphatic carbocycles. The Morgan fingerprint density at radius 1 is 0.929 bits per heavy atom. The Bertz CT molecular complexity index is 778. The summed E-state index contributed by atoms with van der Waals surface area (Å²) in [4.78, 5) is 21.4. The van der Waals surface area contributed by atoms with Gasteiger partial charge in [0.1, 0.15) is 11.5 Å². The number of benzene rings is 2. The number of hydrogen-bond donors (Lipinski definition) is 0. The quantitative estimate of drug-likeness (QED) is 0.379. The Balaban J connectivity index is 0.000000283. The minimum atomic E-state index is -0.327. The van der Waals surface area contributed by atoms with Crippen LogP contribution in [-0.4, -0.2) is 26.0 Å². The number of esters is 1. The number of methoxy groups -OCH3 is 2. The molecule has 2 aromatic rings. The lowest BCUT2D eigenvalue weighted by Gasteiger charge is -2.08. The molecule has 5 heteroatoms. The van der Waals surface area contributed by atoms with E-state index in [9.17, 15) is 9.59 Å². The number of ether oxygens (including phenoxy) is 3. The van der Waals surface area contributed by atoms with E-state index in [4.69, 9.17) is 14.2 Å². The van der Waals surface area contributed by atoms with Crippen LogP contribution in [0.2, 0.25) is 0 Å². The fourth-order valence-corrected chi connectivity index (χ4v) is 2.38. The van der Waals surface area contributed by atoms with Crippen molar-refractivity contribution in [2.45, 2.75) is 33.1 Å². The highest BCUT2D eigenvalue weighted by Crippen LogP contribution is 2.27. The van der Waals surface area contributed by atoms with Crippen LogP contribution in [0.4, 0.5) is 0 Å². The molecule has 5 nitrogen and oxygen atoms in total. The second-order valence-electron chi connectivity index (χ2n) is 6.12. The average Bonchev–Trinajstić information content (AvgIpc) is 2.67. The Morgan fingerprint density at radius 2 is 1.54 bits per heavy atom. The van der Waals surface area contributed by atoms with Crippen molar-refractivity contribution in [1.29, 1.82) is 0 Å². The van der Waals surface area contributed by atoms with Gasteiger partial charge in [-0.05, 0) is 55.2 Å². The third-order valence-electron chi connectivity index (χ3n) is 3.78. The standard InChI is InChI=1S/C12H14O3.C11H14O2/c1-9(13)3-4-11-5-7-12(8-6-11)15-10(2)14;1-4-5-9-6-7-10(12-2)11(8-9)13-3/h5-8H,3-4H2,1-2H3;4,6-8H,1,5H2,2-3H3. The molecule has 0 unspecified atom stereocenters. The van der Waals surface area contributed by atoms with E-state index < -0.39 is 0 Å². The summed E-state index contributed by atoms with van der Waals surface area (Å²) in [5, 5.41) is 0. The molecule has 0 saturated carbocycles. The zero-order chi connectivity index (χ0) is 20.9. The fourth-order valence-electron chi connectivity index (χ4n) is 2.38. The molecule has 0 amide bonds. The van der Waals surface area contributed by atoms with Crippen molar-refractivity contribution in [3.8, 4) is 17.2 Å². The van der Waals surface area contributed by atoms with Crippen molar-refractivity contribution >= 4 is 11.8 Å². The van der Waals surface area contributed by atoms with Crippen molar-refractivity contribution in [3.05, 3.63) is 66.2 Å². The highest BCUT2D eigenvalue weighted by molar-refractivity contribution is 5.75. The van der Waals surface area contributed by atoms with Crippen LogP contribution in [0.15, 0.2) is 55.1 Å². The molecule has 0 radical (unpaired) electrons. The van der Waals surface area contributed by atoms with E-state index in [0.29, 0.717) is 12.2 Å². The lowest BCUT2D eigenvalue weighted by atomic mass is 10.1. The third kappa shape index (κ3) is 8.54. The van der Waals surface area contributed by atoms with Gasteiger partial charge in [-0.15, -0.1) is 6.58 Å². The van der Waals surface area contributed by atoms with Crippen LogP contribution in [0, 0.1) is 0 Å². The SMILES string of the molecule is C=CCc1ccc(OC)c(OC)c1.CC(=O)CCc1ccc(OC(C)=O)cc1. The highest BCUT2D eigenvalue weighted by Gasteiger charge is 2.03. The fraction of sp³-hybridized carbons (Fsp3) is 0.304. The van der Waals surface area contributed by atoms with E-state index in [0.717, 1.165) is 29.9 Å². The average molecular weight is 384 g/mol. The van der Waals surface area contributed by atoms with Crippen LogP contribution in [-0.2, 0) is 22.4 Å². The van der Waals surface area contributed by atoms with Crippen molar-refractivity contribution in [2.75, 3.05) is 14.2 Å². The van der Waals surface area contributed by atoms with Gasteiger partial charge in [0.2, 0.25) is 0 Å². The summed E-state index contributed by atoms with van der Waals surface area (Å²) in [7, 11) is 3.26. The molecular formula is C23H28O5. The lowest BCUT2D eigenvalue weighted by molar-refractivity contribution is -0.131. The largest absolute Gasteiger partial charge is 0.493 e. The minimum absolute atomic E-state index is 0.180. The predicted octanol–water partition coefficient (Wildman–Crippen LogP) is 4.57. The van der Waals surface area contributed by atoms with Crippen LogP contribution < -0.4 is 14.2 Å². The van der Waals surface area contributed by atoms with Gasteiger partial charge < -0.3 is 19.0 Å². The van der Waals surface area contributed by atoms with Crippen molar-refractivity contribution in [1.82, 2.24) is 0 Å². The Hall–Kier alpha value is -3.08. The highest BCUT2D eigenvalue weighted by atomic mass is 16.5. The molecule has 0 aliphatic rings. The van der Waals surface area contributed by atoms with E-state index in [-0.39, 0.29) is 11.8 Å². The summed E-state index contributed by atoms with van der Waals surface area (Å²) in [5.41, 5.74) is 2.24. The minimum Gasteiger partial charge on any atom is -0.493 e. The van der Waals surface area contributed by atoms with Gasteiger partial charge in [0.15, 0.2) is 11.5 Å². The summed E-state index contributed by atoms with van der Waals surface area (Å²) in [6.45, 7) is 6.62. The normalized spacial score (nSPS) is 9.57. The lowest BCUT2D eigenvalue weighted by Crippen LogP contribution is -2.01. The molecule has 0 heterocycles. The molecular weight excluding hydrogens is 356 g/mol. The molecule has 0 fully saturated rings. The summed E-state index contributed by atoms with van der Waals surface area (Å²) in [6, 6.07) is 13.1. The van der Waals surface area contributed by atoms with Gasteiger partial charge in [-0.3, -0.25) is 4.79 Å². The van der Waals surface area contributed by atoms with E-state index in [1.54, 1.807) is 33.3 Å². The number of Topliss-reactive ketones (excluding diaryl/α,β-unsaturated/α-hetero) is 1. The van der Waals surface area contributed by atoms with Gasteiger partial charge >= 0.3 is 5.97 Å². The smallest absolute Gasteiger partial charge is 0.308 e. The number of allylic oxidation sites excluding steroid dienone is 1. The van der Waals surface area contributed by atoms with Crippen LogP contribution in [0.1, 0.15) is 31.4 Å². The van der Waals surface area contributed by atoms with Crippen LogP contribution >= 0.6 is 0 Å². The number of aryl methyl sites for hydroxylation is 1. The van der Waals surface area contributed by atoms with Crippen LogP contribution in [0.5, 0.6) is 17.2 Å². The van der Waals surface area contributed by atoms with E-state index >= 15 is 0 Å². The van der Waals surface area contributed by atoms with Crippen LogP contribution in [0.3, 0.4) is 0 Å². The maximum Gasteiger partial charge on any atom is 0.308 e. The first-order valence-corrected chi connectivity index (χ1v) is 8.98. The Morgan fingerprint density at radius 3 is 2.04 bits per heavy atom. The second kappa shape index (κ2) is 12.3. The van der Waals surface area contributed by atoms with Gasteiger partial charge in [0.25, 0.3) is 0 Å².